The van der Waals surface area contributed by atoms with Gasteiger partial charge in [-0.3, -0.25) is 0 Å². The average Bonchev–Trinajstić information content (AvgIpc) is 2.83. The minimum Gasteiger partial charge on any atom is -0.362 e. The molecular formula is C25H30F6N6O. The highest BCUT2D eigenvalue weighted by molar-refractivity contribution is 5.89. The van der Waals surface area contributed by atoms with Crippen molar-refractivity contribution in [3.05, 3.63) is 40.6 Å². The molecule has 0 unspecified atom stereocenters. The number of benzene rings is 1. The third kappa shape index (κ3) is 6.79. The van der Waals surface area contributed by atoms with E-state index in [9.17, 15) is 31.1 Å². The maximum atomic E-state index is 13.1. The standard InChI is InChI=1S/C25H30F6N6O/c1-37(2)21-19-5-3-4-6-20(19)35-22(36-21)32-16-7-9-17(10-8-16)33-23(38)34-18-12-14(24(26,27)28)11-15(13-18)25(29,30)31/h11-13,16-17H,3-10H2,1-2H3,(H,32,35,36)(H2,33,34,38). The number of rotatable bonds is 5. The van der Waals surface area contributed by atoms with Gasteiger partial charge in [0.1, 0.15) is 5.82 Å². The minimum absolute atomic E-state index is 0.0190. The van der Waals surface area contributed by atoms with Gasteiger partial charge in [0.15, 0.2) is 0 Å². The van der Waals surface area contributed by atoms with Crippen LogP contribution in [-0.2, 0) is 25.2 Å². The third-order valence-electron chi connectivity index (χ3n) is 6.83. The molecule has 0 atom stereocenters. The lowest BCUT2D eigenvalue weighted by molar-refractivity contribution is -0.143. The predicted molar refractivity (Wildman–Crippen MR) is 131 cm³/mol. The number of urea groups is 1. The van der Waals surface area contributed by atoms with Gasteiger partial charge in [-0.15, -0.1) is 0 Å². The molecule has 2 aliphatic carbocycles. The Balaban J connectivity index is 1.34. The fourth-order valence-electron chi connectivity index (χ4n) is 4.95. The quantitative estimate of drug-likeness (QED) is 0.402. The second-order valence-electron chi connectivity index (χ2n) is 9.98. The summed E-state index contributed by atoms with van der Waals surface area (Å²) >= 11 is 0. The molecule has 0 spiro atoms. The van der Waals surface area contributed by atoms with E-state index in [2.05, 4.69) is 16.0 Å². The molecule has 0 saturated heterocycles. The van der Waals surface area contributed by atoms with Gasteiger partial charge in [-0.2, -0.15) is 31.3 Å². The van der Waals surface area contributed by atoms with Crippen molar-refractivity contribution in [2.24, 2.45) is 0 Å². The zero-order chi connectivity index (χ0) is 27.7. The number of fused-ring (bicyclic) bond motifs is 1. The van der Waals surface area contributed by atoms with Gasteiger partial charge in [0.05, 0.1) is 16.8 Å². The number of carbonyl (C=O) groups is 1. The van der Waals surface area contributed by atoms with E-state index in [-0.39, 0.29) is 18.2 Å². The Morgan fingerprint density at radius 3 is 2.03 bits per heavy atom. The van der Waals surface area contributed by atoms with Crippen molar-refractivity contribution >= 4 is 23.5 Å². The molecule has 13 heteroatoms. The third-order valence-corrected chi connectivity index (χ3v) is 6.83. The van der Waals surface area contributed by atoms with Crippen LogP contribution in [0.3, 0.4) is 0 Å². The van der Waals surface area contributed by atoms with Crippen LogP contribution in [0, 0.1) is 0 Å². The van der Waals surface area contributed by atoms with E-state index in [1.54, 1.807) is 0 Å². The normalized spacial score (nSPS) is 19.9. The molecule has 2 aliphatic rings. The number of hydrogen-bond donors (Lipinski definition) is 3. The van der Waals surface area contributed by atoms with E-state index in [4.69, 9.17) is 9.97 Å². The maximum Gasteiger partial charge on any atom is 0.416 e. The number of carbonyl (C=O) groups excluding carboxylic acids is 1. The number of hydrogen-bond acceptors (Lipinski definition) is 5. The van der Waals surface area contributed by atoms with E-state index in [0.29, 0.717) is 43.8 Å². The summed E-state index contributed by atoms with van der Waals surface area (Å²) in [6, 6.07) is -0.0758. The monoisotopic (exact) mass is 544 g/mol. The van der Waals surface area contributed by atoms with Crippen molar-refractivity contribution in [3.8, 4) is 0 Å². The van der Waals surface area contributed by atoms with E-state index in [1.165, 1.54) is 5.56 Å². The smallest absolute Gasteiger partial charge is 0.362 e. The van der Waals surface area contributed by atoms with Crippen LogP contribution < -0.4 is 20.9 Å². The number of halogens is 6. The lowest BCUT2D eigenvalue weighted by Gasteiger charge is -2.30. The molecule has 2 aromatic rings. The van der Waals surface area contributed by atoms with E-state index in [1.807, 2.05) is 19.0 Å². The molecule has 0 aliphatic heterocycles. The summed E-state index contributed by atoms with van der Waals surface area (Å²) in [5, 5.41) is 8.17. The number of anilines is 3. The summed E-state index contributed by atoms with van der Waals surface area (Å²) in [7, 11) is 3.90. The Labute approximate surface area is 216 Å². The van der Waals surface area contributed by atoms with Crippen molar-refractivity contribution in [1.82, 2.24) is 15.3 Å². The molecule has 2 amide bonds. The molecule has 1 aromatic carbocycles. The fraction of sp³-hybridized carbons (Fsp3) is 0.560. The Morgan fingerprint density at radius 2 is 1.45 bits per heavy atom. The highest BCUT2D eigenvalue weighted by atomic mass is 19.4. The van der Waals surface area contributed by atoms with Gasteiger partial charge in [0, 0.05) is 37.4 Å². The summed E-state index contributed by atoms with van der Waals surface area (Å²) < 4.78 is 78.4. The Morgan fingerprint density at radius 1 is 0.868 bits per heavy atom. The van der Waals surface area contributed by atoms with Gasteiger partial charge >= 0.3 is 18.4 Å². The van der Waals surface area contributed by atoms with E-state index in [0.717, 1.165) is 37.2 Å². The number of aryl methyl sites for hydroxylation is 1. The van der Waals surface area contributed by atoms with Crippen LogP contribution in [0.4, 0.5) is 48.6 Å². The maximum absolute atomic E-state index is 13.1. The number of nitrogens with zero attached hydrogens (tertiary/aromatic N) is 3. The first-order chi connectivity index (χ1) is 17.8. The molecule has 1 aromatic heterocycles. The van der Waals surface area contributed by atoms with E-state index >= 15 is 0 Å². The molecule has 4 rings (SSSR count). The molecule has 38 heavy (non-hydrogen) atoms. The summed E-state index contributed by atoms with van der Waals surface area (Å²) in [5.74, 6) is 1.47. The molecule has 208 valence electrons. The predicted octanol–water partition coefficient (Wildman–Crippen LogP) is 6.00. The van der Waals surface area contributed by atoms with Gasteiger partial charge < -0.3 is 20.9 Å². The molecule has 0 radical (unpaired) electrons. The van der Waals surface area contributed by atoms with Crippen LogP contribution in [0.25, 0.3) is 0 Å². The van der Waals surface area contributed by atoms with Crippen molar-refractivity contribution in [1.29, 1.82) is 0 Å². The lowest BCUT2D eigenvalue weighted by Crippen LogP contribution is -2.42. The fourth-order valence-corrected chi connectivity index (χ4v) is 4.95. The van der Waals surface area contributed by atoms with Crippen LogP contribution in [-0.4, -0.2) is 42.2 Å². The highest BCUT2D eigenvalue weighted by Gasteiger charge is 2.37. The summed E-state index contributed by atoms with van der Waals surface area (Å²) in [5.41, 5.74) is -1.31. The second kappa shape index (κ2) is 10.9. The van der Waals surface area contributed by atoms with Crippen LogP contribution in [0.5, 0.6) is 0 Å². The molecular weight excluding hydrogens is 514 g/mol. The number of nitrogens with one attached hydrogen (secondary N) is 3. The van der Waals surface area contributed by atoms with Crippen LogP contribution in [0.2, 0.25) is 0 Å². The Hall–Kier alpha value is -3.25. The summed E-state index contributed by atoms with van der Waals surface area (Å²) in [6.45, 7) is 0. The van der Waals surface area contributed by atoms with Crippen molar-refractivity contribution in [3.63, 3.8) is 0 Å². The van der Waals surface area contributed by atoms with Crippen LogP contribution in [0.1, 0.15) is 60.9 Å². The zero-order valence-electron chi connectivity index (χ0n) is 21.1. The topological polar surface area (TPSA) is 82.2 Å². The molecule has 1 heterocycles. The summed E-state index contributed by atoms with van der Waals surface area (Å²) in [4.78, 5) is 23.8. The Kier molecular flexibility index (Phi) is 7.93. The molecule has 7 nitrogen and oxygen atoms in total. The SMILES string of the molecule is CN(C)c1nc(NC2CCC(NC(=O)Nc3cc(C(F)(F)F)cc(C(F)(F)F)c3)CC2)nc2c1CCCC2. The zero-order valence-corrected chi connectivity index (χ0v) is 21.1. The average molecular weight is 545 g/mol. The number of aromatic nitrogens is 2. The van der Waals surface area contributed by atoms with Gasteiger partial charge in [0.2, 0.25) is 5.95 Å². The van der Waals surface area contributed by atoms with Crippen molar-refractivity contribution in [2.75, 3.05) is 29.6 Å². The van der Waals surface area contributed by atoms with Crippen LogP contribution in [0.15, 0.2) is 18.2 Å². The van der Waals surface area contributed by atoms with Crippen LogP contribution >= 0.6 is 0 Å². The summed E-state index contributed by atoms with van der Waals surface area (Å²) in [6.07, 6.45) is -3.38. The minimum atomic E-state index is -4.99. The largest absolute Gasteiger partial charge is 0.416 e. The van der Waals surface area contributed by atoms with Crippen molar-refractivity contribution < 1.29 is 31.1 Å². The van der Waals surface area contributed by atoms with Gasteiger partial charge in [0.25, 0.3) is 0 Å². The number of amides is 2. The van der Waals surface area contributed by atoms with Gasteiger partial charge in [-0.25, -0.2) is 9.78 Å². The second-order valence-corrected chi connectivity index (χ2v) is 9.98. The first kappa shape index (κ1) is 27.8. The molecule has 0 bridgehead atoms. The van der Waals surface area contributed by atoms with Gasteiger partial charge in [-0.1, -0.05) is 0 Å². The van der Waals surface area contributed by atoms with Gasteiger partial charge in [-0.05, 0) is 69.6 Å². The molecule has 1 fully saturated rings. The Bertz CT molecular complexity index is 1130. The van der Waals surface area contributed by atoms with E-state index < -0.39 is 35.2 Å². The highest BCUT2D eigenvalue weighted by Crippen LogP contribution is 2.37. The first-order valence-electron chi connectivity index (χ1n) is 12.5. The van der Waals surface area contributed by atoms with Crippen molar-refractivity contribution in [2.45, 2.75) is 75.8 Å². The first-order valence-corrected chi connectivity index (χ1v) is 12.5. The number of alkyl halides is 6. The molecule has 3 N–H and O–H groups in total. The lowest BCUT2D eigenvalue weighted by atomic mass is 9.91. The molecule has 1 saturated carbocycles.